The normalized spacial score (nSPS) is 16.1. The molecule has 0 unspecified atom stereocenters. The van der Waals surface area contributed by atoms with Crippen LogP contribution < -0.4 is 0 Å². The molecular weight excluding hydrogens is 240 g/mol. The second-order valence-corrected chi connectivity index (χ2v) is 5.38. The average molecular weight is 252 g/mol. The van der Waals surface area contributed by atoms with E-state index in [-0.39, 0.29) is 5.78 Å². The van der Waals surface area contributed by atoms with E-state index < -0.39 is 0 Å². The number of Topliss-reactive ketones (excluding diaryl/α,β-unsaturated/α-hetero) is 1. The molecule has 0 saturated heterocycles. The number of aryl methyl sites for hydroxylation is 1. The van der Waals surface area contributed by atoms with Gasteiger partial charge in [0.1, 0.15) is 0 Å². The highest BCUT2D eigenvalue weighted by molar-refractivity contribution is 8.04. The topological polar surface area (TPSA) is 17.1 Å². The van der Waals surface area contributed by atoms with Gasteiger partial charge in [-0.3, -0.25) is 4.79 Å². The number of hydrogen-bond acceptors (Lipinski definition) is 2. The maximum Gasteiger partial charge on any atom is 0.200 e. The van der Waals surface area contributed by atoms with Crippen molar-refractivity contribution in [3.63, 3.8) is 0 Å². The van der Waals surface area contributed by atoms with E-state index in [0.29, 0.717) is 0 Å². The van der Waals surface area contributed by atoms with Crippen LogP contribution >= 0.6 is 11.8 Å². The Kier molecular flexibility index (Phi) is 2.80. The Bertz CT molecular complexity index is 656. The van der Waals surface area contributed by atoms with Crippen molar-refractivity contribution in [1.82, 2.24) is 0 Å². The first-order valence-corrected chi connectivity index (χ1v) is 6.66. The monoisotopic (exact) mass is 252 g/mol. The summed E-state index contributed by atoms with van der Waals surface area (Å²) in [6, 6.07) is 15.9. The summed E-state index contributed by atoms with van der Waals surface area (Å²) < 4.78 is 0. The molecule has 0 amide bonds. The lowest BCUT2D eigenvalue weighted by Crippen LogP contribution is -1.93. The van der Waals surface area contributed by atoms with Crippen molar-refractivity contribution in [3.05, 3.63) is 70.1 Å². The first kappa shape index (κ1) is 11.3. The van der Waals surface area contributed by atoms with E-state index in [9.17, 15) is 4.79 Å². The number of benzene rings is 2. The van der Waals surface area contributed by atoms with Crippen LogP contribution in [0.3, 0.4) is 0 Å². The van der Waals surface area contributed by atoms with Crippen LogP contribution in [0.5, 0.6) is 0 Å². The van der Waals surface area contributed by atoms with Gasteiger partial charge in [-0.25, -0.2) is 0 Å². The zero-order chi connectivity index (χ0) is 12.5. The van der Waals surface area contributed by atoms with Crippen molar-refractivity contribution in [3.8, 4) is 0 Å². The predicted octanol–water partition coefficient (Wildman–Crippen LogP) is 4.32. The molecule has 0 aromatic heterocycles. The van der Waals surface area contributed by atoms with Crippen LogP contribution in [0.2, 0.25) is 0 Å². The minimum atomic E-state index is 0.138. The minimum absolute atomic E-state index is 0.138. The molecule has 1 aliphatic rings. The standard InChI is InChI=1S/C16H12OS/c1-11-6-2-3-7-12(11)10-15-16(17)13-8-4-5-9-14(13)18-15/h2-10H,1H3/b15-10+. The summed E-state index contributed by atoms with van der Waals surface area (Å²) >= 11 is 1.56. The molecule has 0 radical (unpaired) electrons. The van der Waals surface area contributed by atoms with E-state index in [1.165, 1.54) is 5.56 Å². The van der Waals surface area contributed by atoms with Crippen LogP contribution in [-0.4, -0.2) is 5.78 Å². The Morgan fingerprint density at radius 1 is 1.00 bits per heavy atom. The maximum atomic E-state index is 12.2. The van der Waals surface area contributed by atoms with E-state index >= 15 is 0 Å². The maximum absolute atomic E-state index is 12.2. The fourth-order valence-corrected chi connectivity index (χ4v) is 3.07. The Morgan fingerprint density at radius 2 is 1.72 bits per heavy atom. The highest BCUT2D eigenvalue weighted by atomic mass is 32.2. The molecule has 1 nitrogen and oxygen atoms in total. The van der Waals surface area contributed by atoms with Crippen molar-refractivity contribution >= 4 is 23.6 Å². The first-order valence-electron chi connectivity index (χ1n) is 5.84. The third-order valence-electron chi connectivity index (χ3n) is 3.05. The summed E-state index contributed by atoms with van der Waals surface area (Å²) in [6.07, 6.45) is 1.99. The molecule has 18 heavy (non-hydrogen) atoms. The van der Waals surface area contributed by atoms with Crippen molar-refractivity contribution in [1.29, 1.82) is 0 Å². The number of fused-ring (bicyclic) bond motifs is 1. The number of hydrogen-bond donors (Lipinski definition) is 0. The number of allylic oxidation sites excluding steroid dienone is 1. The minimum Gasteiger partial charge on any atom is -0.288 e. The summed E-state index contributed by atoms with van der Waals surface area (Å²) in [5.41, 5.74) is 3.12. The molecule has 0 fully saturated rings. The van der Waals surface area contributed by atoms with Gasteiger partial charge in [-0.15, -0.1) is 0 Å². The van der Waals surface area contributed by atoms with Crippen LogP contribution in [0.15, 0.2) is 58.3 Å². The zero-order valence-electron chi connectivity index (χ0n) is 10.0. The Labute approximate surface area is 111 Å². The molecular formula is C16H12OS. The first-order chi connectivity index (χ1) is 8.75. The van der Waals surface area contributed by atoms with Gasteiger partial charge >= 0.3 is 0 Å². The molecule has 0 aliphatic carbocycles. The SMILES string of the molecule is Cc1ccccc1/C=C1/Sc2ccccc2C1=O. The molecule has 0 atom stereocenters. The van der Waals surface area contributed by atoms with E-state index in [1.807, 2.05) is 48.5 Å². The zero-order valence-corrected chi connectivity index (χ0v) is 10.8. The van der Waals surface area contributed by atoms with Gasteiger partial charge in [0.25, 0.3) is 0 Å². The van der Waals surface area contributed by atoms with Crippen LogP contribution in [0, 0.1) is 6.92 Å². The summed E-state index contributed by atoms with van der Waals surface area (Å²) in [5.74, 6) is 0.138. The fourth-order valence-electron chi connectivity index (χ4n) is 2.03. The second-order valence-electron chi connectivity index (χ2n) is 4.29. The van der Waals surface area contributed by atoms with Gasteiger partial charge in [0.2, 0.25) is 5.78 Å². The third kappa shape index (κ3) is 1.89. The number of thioether (sulfide) groups is 1. The lowest BCUT2D eigenvalue weighted by atomic mass is 10.1. The van der Waals surface area contributed by atoms with Crippen molar-refractivity contribution < 1.29 is 4.79 Å². The molecule has 1 heterocycles. The molecule has 88 valence electrons. The van der Waals surface area contributed by atoms with Gasteiger partial charge in [-0.05, 0) is 36.3 Å². The Balaban J connectivity index is 2.02. The van der Waals surface area contributed by atoms with Crippen LogP contribution in [-0.2, 0) is 0 Å². The fraction of sp³-hybridized carbons (Fsp3) is 0.0625. The molecule has 2 aromatic rings. The lowest BCUT2D eigenvalue weighted by molar-refractivity contribution is 0.104. The molecule has 2 heteroatoms. The van der Waals surface area contributed by atoms with E-state index in [0.717, 1.165) is 20.9 Å². The van der Waals surface area contributed by atoms with Gasteiger partial charge in [-0.1, -0.05) is 48.2 Å². The van der Waals surface area contributed by atoms with Crippen molar-refractivity contribution in [2.45, 2.75) is 11.8 Å². The lowest BCUT2D eigenvalue weighted by Gasteiger charge is -2.00. The average Bonchev–Trinajstić information content (AvgIpc) is 2.70. The number of carbonyl (C=O) groups is 1. The van der Waals surface area contributed by atoms with Gasteiger partial charge in [0, 0.05) is 10.5 Å². The Morgan fingerprint density at radius 3 is 2.50 bits per heavy atom. The van der Waals surface area contributed by atoms with Crippen molar-refractivity contribution in [2.75, 3.05) is 0 Å². The summed E-state index contributed by atoms with van der Waals surface area (Å²) in [5, 5.41) is 0. The number of rotatable bonds is 1. The van der Waals surface area contributed by atoms with Crippen LogP contribution in [0.4, 0.5) is 0 Å². The second kappa shape index (κ2) is 4.46. The van der Waals surface area contributed by atoms with Gasteiger partial charge in [0.05, 0.1) is 4.91 Å². The molecule has 0 saturated carbocycles. The molecule has 0 bridgehead atoms. The summed E-state index contributed by atoms with van der Waals surface area (Å²) in [7, 11) is 0. The summed E-state index contributed by atoms with van der Waals surface area (Å²) in [4.78, 5) is 14.1. The Hall–Kier alpha value is -1.80. The quantitative estimate of drug-likeness (QED) is 0.703. The third-order valence-corrected chi connectivity index (χ3v) is 4.15. The van der Waals surface area contributed by atoms with E-state index in [4.69, 9.17) is 0 Å². The van der Waals surface area contributed by atoms with Crippen molar-refractivity contribution in [2.24, 2.45) is 0 Å². The molecule has 2 aromatic carbocycles. The number of carbonyl (C=O) groups excluding carboxylic acids is 1. The number of ketones is 1. The highest BCUT2D eigenvalue weighted by Gasteiger charge is 2.25. The van der Waals surface area contributed by atoms with E-state index in [2.05, 4.69) is 13.0 Å². The smallest absolute Gasteiger partial charge is 0.200 e. The predicted molar refractivity (Wildman–Crippen MR) is 75.8 cm³/mol. The largest absolute Gasteiger partial charge is 0.288 e. The van der Waals surface area contributed by atoms with Crippen LogP contribution in [0.25, 0.3) is 6.08 Å². The van der Waals surface area contributed by atoms with Gasteiger partial charge < -0.3 is 0 Å². The molecule has 3 rings (SSSR count). The summed E-state index contributed by atoms with van der Waals surface area (Å²) in [6.45, 7) is 2.06. The van der Waals surface area contributed by atoms with Crippen LogP contribution in [0.1, 0.15) is 21.5 Å². The van der Waals surface area contributed by atoms with Gasteiger partial charge in [0.15, 0.2) is 0 Å². The molecule has 0 spiro atoms. The van der Waals surface area contributed by atoms with Gasteiger partial charge in [-0.2, -0.15) is 0 Å². The molecule has 0 N–H and O–H groups in total. The molecule has 1 aliphatic heterocycles. The highest BCUT2D eigenvalue weighted by Crippen LogP contribution is 2.40. The van der Waals surface area contributed by atoms with E-state index in [1.54, 1.807) is 11.8 Å².